The number of aryl methyl sites for hydroxylation is 2. The maximum atomic E-state index is 7.03. The molecule has 2 aliphatic rings. The maximum Gasteiger partial charge on any atom is 0.217 e. The molecular weight excluding hydrogens is 675 g/mol. The van der Waals surface area contributed by atoms with Crippen LogP contribution in [0.3, 0.4) is 0 Å². The largest absolute Gasteiger partial charge is 0.464 e. The SMILES string of the molecule is Cc1cnc2c(c1)c1cc(C(C)(C)C)cc3c1n2-c1cc(Oc2cc(C4=N[C@](C)(C(C)C)[C@@](C)(c5ccccc5)O4)cc(C(C)(C)C)c2)c(C)cc1C3(C)C. The molecule has 0 unspecified atom stereocenters. The molecule has 4 heterocycles. The maximum absolute atomic E-state index is 7.03. The summed E-state index contributed by atoms with van der Waals surface area (Å²) in [5.74, 6) is 2.46. The number of aliphatic imine (C=N–C) groups is 1. The first-order valence-electron chi connectivity index (χ1n) is 19.9. The second kappa shape index (κ2) is 12.0. The van der Waals surface area contributed by atoms with E-state index >= 15 is 0 Å². The molecule has 284 valence electrons. The van der Waals surface area contributed by atoms with Gasteiger partial charge in [0.15, 0.2) is 5.60 Å². The van der Waals surface area contributed by atoms with Crippen molar-refractivity contribution in [1.29, 1.82) is 0 Å². The molecule has 0 aliphatic carbocycles. The summed E-state index contributed by atoms with van der Waals surface area (Å²) in [6, 6.07) is 28.7. The summed E-state index contributed by atoms with van der Waals surface area (Å²) in [5.41, 5.74) is 11.2. The van der Waals surface area contributed by atoms with Crippen molar-refractivity contribution in [3.8, 4) is 17.2 Å². The Morgan fingerprint density at radius 3 is 2.07 bits per heavy atom. The number of benzene rings is 4. The van der Waals surface area contributed by atoms with Gasteiger partial charge < -0.3 is 9.47 Å². The van der Waals surface area contributed by atoms with Gasteiger partial charge in [0.25, 0.3) is 0 Å². The highest BCUT2D eigenvalue weighted by molar-refractivity contribution is 6.11. The number of hydrogen-bond acceptors (Lipinski definition) is 4. The summed E-state index contributed by atoms with van der Waals surface area (Å²) in [4.78, 5) is 10.5. The number of ether oxygens (including phenoxy) is 2. The van der Waals surface area contributed by atoms with Crippen molar-refractivity contribution in [2.45, 2.75) is 124 Å². The highest BCUT2D eigenvalue weighted by Gasteiger charge is 2.55. The van der Waals surface area contributed by atoms with Crippen LogP contribution in [-0.2, 0) is 26.6 Å². The quantitative estimate of drug-likeness (QED) is 0.177. The van der Waals surface area contributed by atoms with Gasteiger partial charge in [0.1, 0.15) is 22.7 Å². The molecule has 5 nitrogen and oxygen atoms in total. The summed E-state index contributed by atoms with van der Waals surface area (Å²) in [7, 11) is 0. The van der Waals surface area contributed by atoms with E-state index in [4.69, 9.17) is 19.5 Å². The fourth-order valence-corrected chi connectivity index (χ4v) is 8.78. The predicted octanol–water partition coefficient (Wildman–Crippen LogP) is 12.9. The third-order valence-electron chi connectivity index (χ3n) is 12.9. The smallest absolute Gasteiger partial charge is 0.217 e. The summed E-state index contributed by atoms with van der Waals surface area (Å²) in [6.07, 6.45) is 1.99. The van der Waals surface area contributed by atoms with Crippen LogP contribution in [0.4, 0.5) is 0 Å². The Morgan fingerprint density at radius 1 is 0.745 bits per heavy atom. The Labute approximate surface area is 327 Å². The van der Waals surface area contributed by atoms with Gasteiger partial charge in [-0.05, 0) is 120 Å². The molecule has 0 spiro atoms. The highest BCUT2D eigenvalue weighted by Crippen LogP contribution is 2.52. The first-order valence-corrected chi connectivity index (χ1v) is 19.9. The Balaban J connectivity index is 1.29. The van der Waals surface area contributed by atoms with Crippen molar-refractivity contribution in [3.63, 3.8) is 0 Å². The molecule has 2 aromatic heterocycles. The number of fused-ring (bicyclic) bond motifs is 5. The van der Waals surface area contributed by atoms with Crippen LogP contribution in [-0.4, -0.2) is 21.0 Å². The Hall–Kier alpha value is -4.90. The number of rotatable bonds is 5. The topological polar surface area (TPSA) is 48.6 Å². The van der Waals surface area contributed by atoms with Gasteiger partial charge in [-0.15, -0.1) is 0 Å². The van der Waals surface area contributed by atoms with Crippen LogP contribution in [0.25, 0.3) is 27.6 Å². The van der Waals surface area contributed by atoms with E-state index in [1.807, 2.05) is 6.20 Å². The highest BCUT2D eigenvalue weighted by atomic mass is 16.5. The third kappa shape index (κ3) is 5.63. The molecule has 55 heavy (non-hydrogen) atoms. The van der Waals surface area contributed by atoms with Crippen LogP contribution < -0.4 is 4.74 Å². The van der Waals surface area contributed by atoms with Gasteiger partial charge in [0.2, 0.25) is 5.90 Å². The number of hydrogen-bond donors (Lipinski definition) is 0. The first kappa shape index (κ1) is 37.0. The van der Waals surface area contributed by atoms with Crippen LogP contribution in [0, 0.1) is 19.8 Å². The summed E-state index contributed by atoms with van der Waals surface area (Å²) in [5, 5.41) is 2.44. The minimum atomic E-state index is -0.639. The molecule has 0 N–H and O–H groups in total. The van der Waals surface area contributed by atoms with Crippen molar-refractivity contribution >= 4 is 27.8 Å². The van der Waals surface area contributed by atoms with Gasteiger partial charge in [0, 0.05) is 34.0 Å². The molecule has 0 amide bonds. The van der Waals surface area contributed by atoms with Crippen LogP contribution >= 0.6 is 0 Å². The fraction of sp³-hybridized carbons (Fsp3) is 0.400. The minimum absolute atomic E-state index is 0.00344. The van der Waals surface area contributed by atoms with E-state index in [1.54, 1.807) is 0 Å². The van der Waals surface area contributed by atoms with Crippen LogP contribution in [0.5, 0.6) is 11.5 Å². The number of nitrogens with zero attached hydrogens (tertiary/aromatic N) is 3. The third-order valence-corrected chi connectivity index (χ3v) is 12.9. The van der Waals surface area contributed by atoms with Gasteiger partial charge in [-0.25, -0.2) is 9.98 Å². The standard InChI is InChI=1S/C50H57N3O2/c1-29(2)49(13)50(14,33-18-16-15-17-19-33)55-45(52-49)32-22-34(46(5,6)7)24-36(23-32)54-42-27-41-39(21-31(42)4)48(11,12)40-26-35(47(8,9)10)25-37-38-20-30(3)28-51-44(38)53(41)43(37)40/h15-29H,1-14H3/t49-,50-/m1/s1. The average Bonchev–Trinajstić information content (AvgIpc) is 3.59. The van der Waals surface area contributed by atoms with Crippen molar-refractivity contribution < 1.29 is 9.47 Å². The van der Waals surface area contributed by atoms with Gasteiger partial charge >= 0.3 is 0 Å². The van der Waals surface area contributed by atoms with Gasteiger partial charge in [-0.1, -0.05) is 106 Å². The minimum Gasteiger partial charge on any atom is -0.464 e. The molecule has 2 aliphatic heterocycles. The van der Waals surface area contributed by atoms with Crippen molar-refractivity contribution in [2.75, 3.05) is 0 Å². The number of pyridine rings is 1. The lowest BCUT2D eigenvalue weighted by Crippen LogP contribution is -2.47. The van der Waals surface area contributed by atoms with Crippen LogP contribution in [0.15, 0.2) is 90.1 Å². The van der Waals surface area contributed by atoms with Gasteiger partial charge in [-0.2, -0.15) is 0 Å². The molecule has 0 saturated carbocycles. The van der Waals surface area contributed by atoms with E-state index in [0.29, 0.717) is 5.90 Å². The molecule has 8 rings (SSSR count). The van der Waals surface area contributed by atoms with E-state index in [0.717, 1.165) is 50.7 Å². The lowest BCUT2D eigenvalue weighted by atomic mass is 9.72. The second-order valence-corrected chi connectivity index (χ2v) is 19.5. The lowest BCUT2D eigenvalue weighted by Gasteiger charge is -2.40. The predicted molar refractivity (Wildman–Crippen MR) is 229 cm³/mol. The van der Waals surface area contributed by atoms with Crippen molar-refractivity contribution in [3.05, 3.63) is 130 Å². The molecule has 5 heteroatoms. The van der Waals surface area contributed by atoms with E-state index in [-0.39, 0.29) is 22.2 Å². The molecule has 6 aromatic rings. The second-order valence-electron chi connectivity index (χ2n) is 19.5. The summed E-state index contributed by atoms with van der Waals surface area (Å²) in [6.45, 7) is 31.5. The molecule has 0 radical (unpaired) electrons. The summed E-state index contributed by atoms with van der Waals surface area (Å²) < 4.78 is 16.4. The first-order chi connectivity index (χ1) is 25.6. The van der Waals surface area contributed by atoms with Crippen molar-refractivity contribution in [1.82, 2.24) is 9.55 Å². The van der Waals surface area contributed by atoms with Gasteiger partial charge in [-0.3, -0.25) is 4.57 Å². The monoisotopic (exact) mass is 731 g/mol. The average molecular weight is 732 g/mol. The molecule has 0 saturated heterocycles. The molecule has 4 aromatic carbocycles. The fourth-order valence-electron chi connectivity index (χ4n) is 8.78. The van der Waals surface area contributed by atoms with Crippen LogP contribution in [0.1, 0.15) is 128 Å². The van der Waals surface area contributed by atoms with Crippen LogP contribution in [0.2, 0.25) is 0 Å². The zero-order chi connectivity index (χ0) is 39.6. The normalized spacial score (nSPS) is 20.5. The Kier molecular flexibility index (Phi) is 8.12. The van der Waals surface area contributed by atoms with E-state index in [1.165, 1.54) is 33.0 Å². The van der Waals surface area contributed by atoms with E-state index < -0.39 is 11.1 Å². The van der Waals surface area contributed by atoms with E-state index in [9.17, 15) is 0 Å². The van der Waals surface area contributed by atoms with Crippen molar-refractivity contribution in [2.24, 2.45) is 10.9 Å². The molecular formula is C50H57N3O2. The Bertz CT molecular complexity index is 2560. The summed E-state index contributed by atoms with van der Waals surface area (Å²) >= 11 is 0. The zero-order valence-electron chi connectivity index (χ0n) is 35.3. The van der Waals surface area contributed by atoms with Gasteiger partial charge in [0.05, 0.1) is 11.2 Å². The molecule has 2 atom stereocenters. The molecule has 0 fully saturated rings. The molecule has 0 bridgehead atoms. The lowest BCUT2D eigenvalue weighted by molar-refractivity contribution is 0.00857. The zero-order valence-corrected chi connectivity index (χ0v) is 35.3. The van der Waals surface area contributed by atoms with E-state index in [2.05, 4.69) is 180 Å². The number of aromatic nitrogens is 2. The Morgan fingerprint density at radius 2 is 1.42 bits per heavy atom.